The molecule has 24 heavy (non-hydrogen) atoms. The topological polar surface area (TPSA) is 69.6 Å². The van der Waals surface area contributed by atoms with E-state index in [1.54, 1.807) is 29.2 Å². The number of aliphatic hydroxyl groups excluding tert-OH is 1. The molecule has 0 aliphatic carbocycles. The van der Waals surface area contributed by atoms with Crippen LogP contribution in [0.15, 0.2) is 48.5 Å². The Kier molecular flexibility index (Phi) is 4.62. The molecule has 0 saturated heterocycles. The van der Waals surface area contributed by atoms with E-state index in [0.29, 0.717) is 18.7 Å². The first-order chi connectivity index (χ1) is 11.6. The van der Waals surface area contributed by atoms with Crippen LogP contribution in [-0.2, 0) is 29.2 Å². The second kappa shape index (κ2) is 6.84. The Labute approximate surface area is 140 Å². The molecule has 1 aliphatic heterocycles. The lowest BCUT2D eigenvalue weighted by molar-refractivity contribution is -0.138. The number of aliphatic hydroxyl groups is 1. The van der Waals surface area contributed by atoms with Crippen LogP contribution in [0.25, 0.3) is 0 Å². The quantitative estimate of drug-likeness (QED) is 0.908. The fraction of sp³-hybridized carbons (Fsp3) is 0.263. The molecule has 2 N–H and O–H groups in total. The first-order valence-corrected chi connectivity index (χ1v) is 7.93. The number of rotatable bonds is 3. The van der Waals surface area contributed by atoms with Crippen LogP contribution in [0, 0.1) is 0 Å². The van der Waals surface area contributed by atoms with Crippen molar-refractivity contribution in [2.24, 2.45) is 0 Å². The number of carbonyl (C=O) groups excluding carboxylic acids is 2. The summed E-state index contributed by atoms with van der Waals surface area (Å²) in [4.78, 5) is 26.3. The molecule has 5 heteroatoms. The minimum atomic E-state index is -0.532. The van der Waals surface area contributed by atoms with Crippen molar-refractivity contribution in [1.82, 2.24) is 4.90 Å². The van der Waals surface area contributed by atoms with E-state index in [4.69, 9.17) is 0 Å². The van der Waals surface area contributed by atoms with Crippen LogP contribution >= 0.6 is 0 Å². The third-order valence-electron chi connectivity index (χ3n) is 4.33. The van der Waals surface area contributed by atoms with Gasteiger partial charge in [0.05, 0.1) is 6.61 Å². The minimum absolute atomic E-state index is 0.0832. The predicted molar refractivity (Wildman–Crippen MR) is 91.2 cm³/mol. The van der Waals surface area contributed by atoms with Gasteiger partial charge in [0.1, 0.15) is 6.04 Å². The van der Waals surface area contributed by atoms with Crippen LogP contribution in [0.2, 0.25) is 0 Å². The minimum Gasteiger partial charge on any atom is -0.392 e. The van der Waals surface area contributed by atoms with E-state index in [2.05, 4.69) is 5.32 Å². The van der Waals surface area contributed by atoms with Crippen molar-refractivity contribution < 1.29 is 14.7 Å². The Morgan fingerprint density at radius 1 is 1.17 bits per heavy atom. The highest BCUT2D eigenvalue weighted by molar-refractivity contribution is 5.97. The summed E-state index contributed by atoms with van der Waals surface area (Å²) in [6.07, 6.45) is 0.501. The molecule has 124 valence electrons. The van der Waals surface area contributed by atoms with Gasteiger partial charge < -0.3 is 15.3 Å². The highest BCUT2D eigenvalue weighted by Gasteiger charge is 2.33. The zero-order valence-electron chi connectivity index (χ0n) is 13.5. The normalized spacial score (nSPS) is 16.4. The van der Waals surface area contributed by atoms with Crippen molar-refractivity contribution >= 4 is 17.5 Å². The van der Waals surface area contributed by atoms with Crippen molar-refractivity contribution in [2.75, 3.05) is 5.32 Å². The van der Waals surface area contributed by atoms with Gasteiger partial charge in [0, 0.05) is 25.6 Å². The molecule has 2 aromatic rings. The fourth-order valence-corrected chi connectivity index (χ4v) is 3.06. The van der Waals surface area contributed by atoms with Crippen LogP contribution in [0.5, 0.6) is 0 Å². The third-order valence-corrected chi connectivity index (χ3v) is 4.33. The number of carbonyl (C=O) groups is 2. The summed E-state index contributed by atoms with van der Waals surface area (Å²) >= 11 is 0. The van der Waals surface area contributed by atoms with Gasteiger partial charge in [-0.2, -0.15) is 0 Å². The van der Waals surface area contributed by atoms with E-state index in [1.165, 1.54) is 6.92 Å². The third kappa shape index (κ3) is 3.31. The standard InChI is InChI=1S/C19H20N2O3/c1-13(23)21-11-16-7-3-2-6-15(16)10-18(21)19(24)20-17-8-4-5-14(9-17)12-22/h2-9,18,22H,10-12H2,1H3,(H,20,24). The highest BCUT2D eigenvalue weighted by Crippen LogP contribution is 2.24. The Balaban J connectivity index is 1.83. The summed E-state index contributed by atoms with van der Waals surface area (Å²) < 4.78 is 0. The van der Waals surface area contributed by atoms with Crippen LogP contribution < -0.4 is 5.32 Å². The van der Waals surface area contributed by atoms with Crippen molar-refractivity contribution in [3.05, 3.63) is 65.2 Å². The van der Waals surface area contributed by atoms with Gasteiger partial charge in [0.25, 0.3) is 0 Å². The first-order valence-electron chi connectivity index (χ1n) is 7.93. The van der Waals surface area contributed by atoms with Crippen molar-refractivity contribution in [1.29, 1.82) is 0 Å². The van der Waals surface area contributed by atoms with Gasteiger partial charge in [-0.05, 0) is 28.8 Å². The number of nitrogens with one attached hydrogen (secondary N) is 1. The molecule has 0 aromatic heterocycles. The smallest absolute Gasteiger partial charge is 0.247 e. The molecular weight excluding hydrogens is 304 g/mol. The molecular formula is C19H20N2O3. The zero-order valence-corrected chi connectivity index (χ0v) is 13.5. The molecule has 0 bridgehead atoms. The van der Waals surface area contributed by atoms with Crippen molar-refractivity contribution in [3.63, 3.8) is 0 Å². The largest absolute Gasteiger partial charge is 0.392 e. The number of hydrogen-bond donors (Lipinski definition) is 2. The molecule has 2 amide bonds. The van der Waals surface area contributed by atoms with E-state index in [1.807, 2.05) is 24.3 Å². The first kappa shape index (κ1) is 16.2. The maximum atomic E-state index is 12.7. The number of amides is 2. The van der Waals surface area contributed by atoms with Gasteiger partial charge in [0.2, 0.25) is 11.8 Å². The molecule has 1 aliphatic rings. The van der Waals surface area contributed by atoms with Crippen LogP contribution in [0.4, 0.5) is 5.69 Å². The molecule has 1 atom stereocenters. The van der Waals surface area contributed by atoms with Gasteiger partial charge in [0.15, 0.2) is 0 Å². The van der Waals surface area contributed by atoms with E-state index >= 15 is 0 Å². The number of benzene rings is 2. The lowest BCUT2D eigenvalue weighted by Crippen LogP contribution is -2.49. The van der Waals surface area contributed by atoms with Gasteiger partial charge in [-0.3, -0.25) is 9.59 Å². The van der Waals surface area contributed by atoms with Gasteiger partial charge in [-0.15, -0.1) is 0 Å². The Morgan fingerprint density at radius 2 is 1.92 bits per heavy atom. The predicted octanol–water partition coefficient (Wildman–Crippen LogP) is 2.09. The molecule has 2 aromatic carbocycles. The molecule has 1 unspecified atom stereocenters. The molecule has 0 fully saturated rings. The SMILES string of the molecule is CC(=O)N1Cc2ccccc2CC1C(=O)Nc1cccc(CO)c1. The lowest BCUT2D eigenvalue weighted by atomic mass is 9.93. The van der Waals surface area contributed by atoms with Crippen LogP contribution in [-0.4, -0.2) is 27.9 Å². The molecule has 0 spiro atoms. The van der Waals surface area contributed by atoms with Gasteiger partial charge in [-0.25, -0.2) is 0 Å². The number of anilines is 1. The second-order valence-electron chi connectivity index (χ2n) is 5.98. The summed E-state index contributed by atoms with van der Waals surface area (Å²) in [5.41, 5.74) is 3.53. The number of nitrogens with zero attached hydrogens (tertiary/aromatic N) is 1. The van der Waals surface area contributed by atoms with E-state index in [-0.39, 0.29) is 18.4 Å². The molecule has 5 nitrogen and oxygen atoms in total. The molecule has 0 radical (unpaired) electrons. The van der Waals surface area contributed by atoms with Crippen LogP contribution in [0.1, 0.15) is 23.6 Å². The monoisotopic (exact) mass is 324 g/mol. The van der Waals surface area contributed by atoms with Crippen molar-refractivity contribution in [3.8, 4) is 0 Å². The average Bonchev–Trinajstić information content (AvgIpc) is 2.60. The van der Waals surface area contributed by atoms with E-state index < -0.39 is 6.04 Å². The highest BCUT2D eigenvalue weighted by atomic mass is 16.3. The molecule has 3 rings (SSSR count). The molecule has 1 heterocycles. The summed E-state index contributed by atoms with van der Waals surface area (Å²) in [5.74, 6) is -0.330. The van der Waals surface area contributed by atoms with Crippen molar-refractivity contribution in [2.45, 2.75) is 32.5 Å². The fourth-order valence-electron chi connectivity index (χ4n) is 3.06. The maximum Gasteiger partial charge on any atom is 0.247 e. The maximum absolute atomic E-state index is 12.7. The number of fused-ring (bicyclic) bond motifs is 1. The van der Waals surface area contributed by atoms with Gasteiger partial charge >= 0.3 is 0 Å². The molecule has 0 saturated carbocycles. The summed E-state index contributed by atoms with van der Waals surface area (Å²) in [6, 6.07) is 14.4. The zero-order chi connectivity index (χ0) is 17.1. The lowest BCUT2D eigenvalue weighted by Gasteiger charge is -2.35. The van der Waals surface area contributed by atoms with Crippen LogP contribution in [0.3, 0.4) is 0 Å². The summed E-state index contributed by atoms with van der Waals surface area (Å²) in [5, 5.41) is 12.1. The number of hydrogen-bond acceptors (Lipinski definition) is 3. The Morgan fingerprint density at radius 3 is 2.62 bits per heavy atom. The van der Waals surface area contributed by atoms with E-state index in [0.717, 1.165) is 16.7 Å². The average molecular weight is 324 g/mol. The summed E-state index contributed by atoms with van der Waals surface area (Å²) in [7, 11) is 0. The Hall–Kier alpha value is -2.66. The summed E-state index contributed by atoms with van der Waals surface area (Å²) in [6.45, 7) is 1.85. The van der Waals surface area contributed by atoms with E-state index in [9.17, 15) is 14.7 Å². The van der Waals surface area contributed by atoms with Gasteiger partial charge in [-0.1, -0.05) is 36.4 Å². The second-order valence-corrected chi connectivity index (χ2v) is 5.98. The Bertz CT molecular complexity index is 773.